The minimum absolute atomic E-state index is 0. The number of carbonyl (C=O) groups excluding carboxylic acids is 1. The fourth-order valence-corrected chi connectivity index (χ4v) is 3.23. The molecule has 0 aromatic heterocycles. The molecule has 136 valence electrons. The molecule has 1 aliphatic heterocycles. The Morgan fingerprint density at radius 3 is 2.79 bits per heavy atom. The largest absolute Gasteiger partial charge is 0.352 e. The molecule has 1 aromatic carbocycles. The van der Waals surface area contributed by atoms with E-state index >= 15 is 0 Å². The van der Waals surface area contributed by atoms with E-state index in [1.165, 1.54) is 6.07 Å². The maximum absolute atomic E-state index is 13.4. The number of carbonyl (C=O) groups is 1. The number of nitrogens with one attached hydrogen (secondary N) is 3. The van der Waals surface area contributed by atoms with Gasteiger partial charge >= 0.3 is 0 Å². The molecular weight excluding hydrogens is 357 g/mol. The van der Waals surface area contributed by atoms with E-state index in [4.69, 9.17) is 0 Å². The smallest absolute Gasteiger partial charge is 0.253 e. The number of hydrogen-bond donors (Lipinski definition) is 3. The maximum Gasteiger partial charge on any atom is 0.253 e. The molecule has 24 heavy (non-hydrogen) atoms. The quantitative estimate of drug-likeness (QED) is 0.702. The standard InChI is InChI=1S/C15H22FN3O3S.ClH/c1-23(21,22)19-14-5-4-12(16)9-13(14)15(20)18-8-6-11-3-2-7-17-10-11;/h4-5,9,11,17,19H,2-3,6-8,10H2,1H3,(H,18,20);1H. The first-order valence-corrected chi connectivity index (χ1v) is 9.50. The Bertz CT molecular complexity index is 664. The van der Waals surface area contributed by atoms with Crippen molar-refractivity contribution in [3.63, 3.8) is 0 Å². The maximum atomic E-state index is 13.4. The van der Waals surface area contributed by atoms with Crippen molar-refractivity contribution < 1.29 is 17.6 Å². The summed E-state index contributed by atoms with van der Waals surface area (Å²) in [7, 11) is -3.54. The Morgan fingerprint density at radius 1 is 1.42 bits per heavy atom. The normalized spacial score (nSPS) is 17.7. The van der Waals surface area contributed by atoms with Crippen LogP contribution in [0.2, 0.25) is 0 Å². The SMILES string of the molecule is CS(=O)(=O)Nc1ccc(F)cc1C(=O)NCCC1CCCNC1.Cl. The van der Waals surface area contributed by atoms with Gasteiger partial charge in [0.05, 0.1) is 17.5 Å². The second-order valence-corrected chi connectivity index (χ2v) is 7.57. The van der Waals surface area contributed by atoms with E-state index < -0.39 is 21.7 Å². The minimum Gasteiger partial charge on any atom is -0.352 e. The van der Waals surface area contributed by atoms with Crippen molar-refractivity contribution in [3.05, 3.63) is 29.6 Å². The molecule has 1 atom stereocenters. The lowest BCUT2D eigenvalue weighted by Gasteiger charge is -2.22. The van der Waals surface area contributed by atoms with Crippen molar-refractivity contribution in [2.24, 2.45) is 5.92 Å². The summed E-state index contributed by atoms with van der Waals surface area (Å²) in [6.07, 6.45) is 4.08. The molecule has 0 aliphatic carbocycles. The van der Waals surface area contributed by atoms with Crippen LogP contribution >= 0.6 is 12.4 Å². The molecular formula is C15H23ClFN3O3S. The van der Waals surface area contributed by atoms with Gasteiger partial charge in [0.25, 0.3) is 5.91 Å². The second kappa shape index (κ2) is 9.19. The number of anilines is 1. The predicted octanol–water partition coefficient (Wildman–Crippen LogP) is 1.74. The second-order valence-electron chi connectivity index (χ2n) is 5.82. The number of hydrogen-bond acceptors (Lipinski definition) is 4. The van der Waals surface area contributed by atoms with Crippen molar-refractivity contribution in [1.29, 1.82) is 0 Å². The van der Waals surface area contributed by atoms with E-state index in [0.717, 1.165) is 50.7 Å². The van der Waals surface area contributed by atoms with E-state index in [1.54, 1.807) is 0 Å². The van der Waals surface area contributed by atoms with Crippen LogP contribution in [0.25, 0.3) is 0 Å². The first-order valence-electron chi connectivity index (χ1n) is 7.61. The molecule has 6 nitrogen and oxygen atoms in total. The zero-order valence-corrected chi connectivity index (χ0v) is 15.1. The third-order valence-electron chi connectivity index (χ3n) is 3.76. The summed E-state index contributed by atoms with van der Waals surface area (Å²) in [5.41, 5.74) is 0.0583. The molecule has 1 aliphatic rings. The summed E-state index contributed by atoms with van der Waals surface area (Å²) >= 11 is 0. The predicted molar refractivity (Wildman–Crippen MR) is 94.7 cm³/mol. The summed E-state index contributed by atoms with van der Waals surface area (Å²) in [5.74, 6) is -0.560. The lowest BCUT2D eigenvalue weighted by molar-refractivity contribution is 0.0951. The van der Waals surface area contributed by atoms with Crippen LogP contribution in [0.3, 0.4) is 0 Å². The van der Waals surface area contributed by atoms with Gasteiger partial charge in [-0.15, -0.1) is 12.4 Å². The van der Waals surface area contributed by atoms with Gasteiger partial charge in [0.2, 0.25) is 10.0 Å². The van der Waals surface area contributed by atoms with Crippen molar-refractivity contribution >= 4 is 34.0 Å². The Hall–Kier alpha value is -1.38. The number of halogens is 2. The van der Waals surface area contributed by atoms with E-state index in [2.05, 4.69) is 15.4 Å². The van der Waals surface area contributed by atoms with Crippen LogP contribution in [0.5, 0.6) is 0 Å². The molecule has 0 radical (unpaired) electrons. The van der Waals surface area contributed by atoms with Gasteiger partial charge in [-0.1, -0.05) is 0 Å². The van der Waals surface area contributed by atoms with Crippen molar-refractivity contribution in [2.75, 3.05) is 30.6 Å². The lowest BCUT2D eigenvalue weighted by Crippen LogP contribution is -2.33. The van der Waals surface area contributed by atoms with Crippen LogP contribution in [0.4, 0.5) is 10.1 Å². The van der Waals surface area contributed by atoms with E-state index in [-0.39, 0.29) is 23.7 Å². The average molecular weight is 380 g/mol. The molecule has 9 heteroatoms. The molecule has 0 spiro atoms. The molecule has 1 unspecified atom stereocenters. The molecule has 1 aromatic rings. The summed E-state index contributed by atoms with van der Waals surface area (Å²) in [6, 6.07) is 3.39. The Balaban J connectivity index is 0.00000288. The Morgan fingerprint density at radius 2 is 2.17 bits per heavy atom. The molecule has 0 bridgehead atoms. The Labute approximate surface area is 148 Å². The van der Waals surface area contributed by atoms with Crippen molar-refractivity contribution in [1.82, 2.24) is 10.6 Å². The summed E-state index contributed by atoms with van der Waals surface area (Å²) in [6.45, 7) is 2.45. The molecule has 0 saturated carbocycles. The minimum atomic E-state index is -3.54. The third kappa shape index (κ3) is 6.62. The fraction of sp³-hybridized carbons (Fsp3) is 0.533. The zero-order chi connectivity index (χ0) is 16.9. The van der Waals surface area contributed by atoms with Crippen molar-refractivity contribution in [2.45, 2.75) is 19.3 Å². The number of piperidine rings is 1. The topological polar surface area (TPSA) is 87.3 Å². The van der Waals surface area contributed by atoms with Gasteiger partial charge in [-0.3, -0.25) is 9.52 Å². The Kier molecular flexibility index (Phi) is 7.92. The molecule has 1 saturated heterocycles. The van der Waals surface area contributed by atoms with Gasteiger partial charge in [-0.25, -0.2) is 12.8 Å². The fourth-order valence-electron chi connectivity index (χ4n) is 2.65. The van der Waals surface area contributed by atoms with Gasteiger partial charge in [0.15, 0.2) is 0 Å². The molecule has 3 N–H and O–H groups in total. The van der Waals surface area contributed by atoms with Gasteiger partial charge in [-0.05, 0) is 56.5 Å². The van der Waals surface area contributed by atoms with Gasteiger partial charge in [0, 0.05) is 6.54 Å². The van der Waals surface area contributed by atoms with Crippen LogP contribution in [0.1, 0.15) is 29.6 Å². The van der Waals surface area contributed by atoms with Crippen LogP contribution in [0.15, 0.2) is 18.2 Å². The van der Waals surface area contributed by atoms with Gasteiger partial charge < -0.3 is 10.6 Å². The molecule has 1 heterocycles. The zero-order valence-electron chi connectivity index (χ0n) is 13.5. The van der Waals surface area contributed by atoms with E-state index in [9.17, 15) is 17.6 Å². The molecule has 1 fully saturated rings. The highest BCUT2D eigenvalue weighted by Gasteiger charge is 2.17. The third-order valence-corrected chi connectivity index (χ3v) is 4.35. The monoisotopic (exact) mass is 379 g/mol. The number of benzene rings is 1. The number of amides is 1. The van der Waals surface area contributed by atoms with Gasteiger partial charge in [0.1, 0.15) is 5.82 Å². The van der Waals surface area contributed by atoms with Crippen LogP contribution < -0.4 is 15.4 Å². The highest BCUT2D eigenvalue weighted by molar-refractivity contribution is 7.92. The summed E-state index contributed by atoms with van der Waals surface area (Å²) in [4.78, 5) is 12.2. The lowest BCUT2D eigenvalue weighted by atomic mass is 9.96. The van der Waals surface area contributed by atoms with Crippen LogP contribution in [-0.4, -0.2) is 40.2 Å². The average Bonchev–Trinajstić information content (AvgIpc) is 2.49. The number of rotatable bonds is 6. The summed E-state index contributed by atoms with van der Waals surface area (Å²) in [5, 5.41) is 6.04. The highest BCUT2D eigenvalue weighted by Crippen LogP contribution is 2.18. The highest BCUT2D eigenvalue weighted by atomic mass is 35.5. The first-order chi connectivity index (χ1) is 10.8. The van der Waals surface area contributed by atoms with Crippen LogP contribution in [-0.2, 0) is 10.0 Å². The van der Waals surface area contributed by atoms with Crippen molar-refractivity contribution in [3.8, 4) is 0 Å². The van der Waals surface area contributed by atoms with Gasteiger partial charge in [-0.2, -0.15) is 0 Å². The summed E-state index contributed by atoms with van der Waals surface area (Å²) < 4.78 is 38.3. The van der Waals surface area contributed by atoms with E-state index in [1.807, 2.05) is 0 Å². The molecule has 1 amide bonds. The van der Waals surface area contributed by atoms with Crippen LogP contribution in [0, 0.1) is 11.7 Å². The molecule has 2 rings (SSSR count). The van der Waals surface area contributed by atoms with E-state index in [0.29, 0.717) is 12.5 Å². The first kappa shape index (κ1) is 20.7. The number of sulfonamides is 1.